The molecule has 0 spiro atoms. The van der Waals surface area contributed by atoms with Crippen LogP contribution in [0.25, 0.3) is 0 Å². The Balaban J connectivity index is 1.54. The molecule has 1 N–H and O–H groups in total. The smallest absolute Gasteiger partial charge is 0.292 e. The average Bonchev–Trinajstić information content (AvgIpc) is 2.87. The van der Waals surface area contributed by atoms with Gasteiger partial charge in [0, 0.05) is 13.0 Å². The highest BCUT2D eigenvalue weighted by molar-refractivity contribution is 6.02. The Morgan fingerprint density at radius 3 is 2.67 bits per heavy atom. The van der Waals surface area contributed by atoms with Crippen molar-refractivity contribution < 1.29 is 9.53 Å². The van der Waals surface area contributed by atoms with Gasteiger partial charge in [-0.1, -0.05) is 49.6 Å². The Bertz CT molecular complexity index is 507. The number of nitrogens with one attached hydrogen (secondary N) is 1. The van der Waals surface area contributed by atoms with Gasteiger partial charge < -0.3 is 4.74 Å². The minimum absolute atomic E-state index is 0.0822. The lowest BCUT2D eigenvalue weighted by molar-refractivity contribution is -0.123. The molecule has 4 nitrogen and oxygen atoms in total. The highest BCUT2D eigenvalue weighted by Crippen LogP contribution is 2.23. The van der Waals surface area contributed by atoms with E-state index < -0.39 is 6.10 Å². The molecule has 1 aromatic rings. The second-order valence-electron chi connectivity index (χ2n) is 5.94. The molecule has 0 aromatic heterocycles. The van der Waals surface area contributed by atoms with Crippen LogP contribution in [0.3, 0.4) is 0 Å². The topological polar surface area (TPSA) is 50.7 Å². The van der Waals surface area contributed by atoms with E-state index in [1.807, 2.05) is 30.3 Å². The van der Waals surface area contributed by atoms with E-state index in [0.717, 1.165) is 12.1 Å². The summed E-state index contributed by atoms with van der Waals surface area (Å²) in [6, 6.07) is 10.3. The molecule has 1 amide bonds. The number of carbonyl (C=O) groups excluding carboxylic acids is 1. The summed E-state index contributed by atoms with van der Waals surface area (Å²) in [5, 5.41) is 2.75. The van der Waals surface area contributed by atoms with Crippen molar-refractivity contribution in [1.82, 2.24) is 5.32 Å². The fraction of sp³-hybridized carbons (Fsp3) is 0.529. The maximum atomic E-state index is 11.9. The van der Waals surface area contributed by atoms with Gasteiger partial charge in [0.25, 0.3) is 11.9 Å². The van der Waals surface area contributed by atoms with Crippen LogP contribution >= 0.6 is 0 Å². The fourth-order valence-corrected chi connectivity index (χ4v) is 3.02. The van der Waals surface area contributed by atoms with Gasteiger partial charge in [0.2, 0.25) is 0 Å². The first kappa shape index (κ1) is 14.1. The van der Waals surface area contributed by atoms with Gasteiger partial charge in [0.05, 0.1) is 0 Å². The van der Waals surface area contributed by atoms with Crippen LogP contribution in [-0.2, 0) is 16.0 Å². The molecular formula is C17H22N2O2. The Morgan fingerprint density at radius 1 is 1.14 bits per heavy atom. The maximum Gasteiger partial charge on any atom is 0.292 e. The number of benzene rings is 1. The zero-order valence-corrected chi connectivity index (χ0v) is 12.3. The van der Waals surface area contributed by atoms with Crippen molar-refractivity contribution in [1.29, 1.82) is 0 Å². The summed E-state index contributed by atoms with van der Waals surface area (Å²) in [5.41, 5.74) is 1.10. The Hall–Kier alpha value is -1.84. The van der Waals surface area contributed by atoms with E-state index in [0.29, 0.717) is 18.4 Å². The zero-order valence-electron chi connectivity index (χ0n) is 12.3. The van der Waals surface area contributed by atoms with E-state index in [2.05, 4.69) is 10.3 Å². The lowest BCUT2D eigenvalue weighted by atomic mass is 9.89. The summed E-state index contributed by atoms with van der Waals surface area (Å²) >= 11 is 0. The number of nitrogens with zero attached hydrogens (tertiary/aromatic N) is 1. The van der Waals surface area contributed by atoms with E-state index in [1.165, 1.54) is 32.1 Å². The first-order valence-electron chi connectivity index (χ1n) is 7.87. The molecule has 3 rings (SSSR count). The van der Waals surface area contributed by atoms with Crippen LogP contribution in [0.15, 0.2) is 35.3 Å². The third kappa shape index (κ3) is 3.84. The summed E-state index contributed by atoms with van der Waals surface area (Å²) in [7, 11) is 0. The van der Waals surface area contributed by atoms with Crippen LogP contribution in [0.4, 0.5) is 0 Å². The van der Waals surface area contributed by atoms with Crippen LogP contribution in [0, 0.1) is 5.92 Å². The molecule has 1 heterocycles. The van der Waals surface area contributed by atoms with Crippen molar-refractivity contribution in [3.63, 3.8) is 0 Å². The quantitative estimate of drug-likeness (QED) is 0.925. The van der Waals surface area contributed by atoms with Gasteiger partial charge >= 0.3 is 0 Å². The Kier molecular flexibility index (Phi) is 4.53. The van der Waals surface area contributed by atoms with Crippen LogP contribution in [0.1, 0.15) is 37.7 Å². The standard InChI is InChI=1S/C17H22N2O2/c20-16-15(11-13-7-3-1-4-8-13)21-17(19-16)18-12-14-9-5-2-6-10-14/h1,3-4,7-8,14-15H,2,5-6,9-12H2,(H,18,19,20). The molecule has 1 unspecified atom stereocenters. The van der Waals surface area contributed by atoms with Crippen molar-refractivity contribution >= 4 is 11.9 Å². The number of amidine groups is 1. The number of rotatable bonds is 4. The fourth-order valence-electron chi connectivity index (χ4n) is 3.02. The first-order valence-corrected chi connectivity index (χ1v) is 7.87. The molecule has 2 fully saturated rings. The van der Waals surface area contributed by atoms with E-state index in [1.54, 1.807) is 0 Å². The third-order valence-corrected chi connectivity index (χ3v) is 4.26. The molecule has 1 aliphatic carbocycles. The van der Waals surface area contributed by atoms with Crippen molar-refractivity contribution in [3.8, 4) is 0 Å². The van der Waals surface area contributed by atoms with Gasteiger partial charge in [-0.3, -0.25) is 10.1 Å². The number of amides is 1. The van der Waals surface area contributed by atoms with Crippen molar-refractivity contribution in [3.05, 3.63) is 35.9 Å². The molecule has 2 aliphatic rings. The Labute approximate surface area is 125 Å². The number of hydrogen-bond donors (Lipinski definition) is 1. The minimum atomic E-state index is -0.447. The number of hydrogen-bond acceptors (Lipinski definition) is 3. The number of ether oxygens (including phenoxy) is 1. The van der Waals surface area contributed by atoms with Gasteiger partial charge in [-0.2, -0.15) is 0 Å². The largest absolute Gasteiger partial charge is 0.451 e. The van der Waals surface area contributed by atoms with Crippen LogP contribution in [0.2, 0.25) is 0 Å². The van der Waals surface area contributed by atoms with Gasteiger partial charge in [0.1, 0.15) is 0 Å². The van der Waals surface area contributed by atoms with E-state index >= 15 is 0 Å². The zero-order chi connectivity index (χ0) is 14.5. The van der Waals surface area contributed by atoms with Gasteiger partial charge in [-0.15, -0.1) is 0 Å². The van der Waals surface area contributed by atoms with Crippen LogP contribution in [-0.4, -0.2) is 24.6 Å². The van der Waals surface area contributed by atoms with Crippen LogP contribution in [0.5, 0.6) is 0 Å². The predicted molar refractivity (Wildman–Crippen MR) is 82.0 cm³/mol. The monoisotopic (exact) mass is 286 g/mol. The molecule has 1 saturated carbocycles. The molecule has 0 radical (unpaired) electrons. The van der Waals surface area contributed by atoms with Crippen molar-refractivity contribution in [2.75, 3.05) is 6.54 Å². The summed E-state index contributed by atoms with van der Waals surface area (Å²) in [6.07, 6.45) is 6.60. The second-order valence-corrected chi connectivity index (χ2v) is 5.94. The van der Waals surface area contributed by atoms with Gasteiger partial charge in [-0.25, -0.2) is 4.99 Å². The molecule has 1 aromatic carbocycles. The molecule has 0 bridgehead atoms. The summed E-state index contributed by atoms with van der Waals surface area (Å²) < 4.78 is 5.66. The number of carbonyl (C=O) groups is 1. The third-order valence-electron chi connectivity index (χ3n) is 4.26. The van der Waals surface area contributed by atoms with Crippen molar-refractivity contribution in [2.24, 2.45) is 10.9 Å². The summed E-state index contributed by atoms with van der Waals surface area (Å²) in [5.74, 6) is 0.571. The Morgan fingerprint density at radius 2 is 1.90 bits per heavy atom. The normalized spacial score (nSPS) is 24.9. The lowest BCUT2D eigenvalue weighted by Gasteiger charge is -2.19. The average molecular weight is 286 g/mol. The predicted octanol–water partition coefficient (Wildman–Crippen LogP) is 2.68. The molecule has 21 heavy (non-hydrogen) atoms. The molecule has 112 valence electrons. The highest BCUT2D eigenvalue weighted by Gasteiger charge is 2.31. The van der Waals surface area contributed by atoms with E-state index in [9.17, 15) is 4.79 Å². The van der Waals surface area contributed by atoms with Crippen molar-refractivity contribution in [2.45, 2.75) is 44.6 Å². The van der Waals surface area contributed by atoms with E-state index in [4.69, 9.17) is 4.74 Å². The lowest BCUT2D eigenvalue weighted by Crippen LogP contribution is -2.26. The molecule has 1 aliphatic heterocycles. The number of aliphatic imine (C=N–C) groups is 1. The van der Waals surface area contributed by atoms with Gasteiger partial charge in [0.15, 0.2) is 6.10 Å². The summed E-state index contributed by atoms with van der Waals surface area (Å²) in [6.45, 7) is 0.771. The summed E-state index contributed by atoms with van der Waals surface area (Å²) in [4.78, 5) is 16.4. The first-order chi connectivity index (χ1) is 10.3. The maximum absolute atomic E-state index is 11.9. The highest BCUT2D eigenvalue weighted by atomic mass is 16.5. The molecule has 4 heteroatoms. The SMILES string of the molecule is O=C1NC(=NCC2CCCCC2)OC1Cc1ccccc1. The molecule has 1 atom stereocenters. The second kappa shape index (κ2) is 6.74. The minimum Gasteiger partial charge on any atom is -0.451 e. The molecular weight excluding hydrogens is 264 g/mol. The molecule has 1 saturated heterocycles. The van der Waals surface area contributed by atoms with Crippen LogP contribution < -0.4 is 5.32 Å². The van der Waals surface area contributed by atoms with E-state index in [-0.39, 0.29) is 5.91 Å². The van der Waals surface area contributed by atoms with Gasteiger partial charge in [-0.05, 0) is 24.3 Å².